The van der Waals surface area contributed by atoms with Gasteiger partial charge in [-0.15, -0.1) is 0 Å². The summed E-state index contributed by atoms with van der Waals surface area (Å²) in [6.07, 6.45) is 28.1. The largest absolute Gasteiger partial charge is 0.504 e. The molecular weight excluding hydrogens is 659 g/mol. The molecule has 1 rings (SSSR count). The van der Waals surface area contributed by atoms with Gasteiger partial charge < -0.3 is 19.9 Å². The molecule has 6 nitrogen and oxygen atoms in total. The van der Waals surface area contributed by atoms with Gasteiger partial charge in [0.2, 0.25) is 11.7 Å². The Bertz CT molecular complexity index is 1490. The number of ketones is 1. The molecule has 1 atom stereocenters. The molecule has 6 heteroatoms. The number of carbonyl (C=O) groups excluding carboxylic acids is 2. The third-order valence-corrected chi connectivity index (χ3v) is 9.96. The molecular formula is C47H73NO5. The second-order valence-electron chi connectivity index (χ2n) is 14.9. The second-order valence-corrected chi connectivity index (χ2v) is 14.9. The Morgan fingerprint density at radius 2 is 1.15 bits per heavy atom. The molecule has 53 heavy (non-hydrogen) atoms. The SMILES string of the molecule is CCCCCC(=O)C(C)NC(=O)/C(C)=C/CC/C(C)=C/CC/C(C)=C/CC/C(C)=C/CC/C(C)=C/CC/C(C)=C/Cc1c(C)cc(OC)c(OC)c1O. The van der Waals surface area contributed by atoms with Crippen LogP contribution in [0.4, 0.5) is 0 Å². The summed E-state index contributed by atoms with van der Waals surface area (Å²) in [4.78, 5) is 24.7. The Morgan fingerprint density at radius 1 is 0.698 bits per heavy atom. The Balaban J connectivity index is 2.37. The van der Waals surface area contributed by atoms with Crippen LogP contribution in [0.5, 0.6) is 17.2 Å². The Kier molecular flexibility index (Phi) is 24.0. The summed E-state index contributed by atoms with van der Waals surface area (Å²) in [5.74, 6) is 1.06. The number of aryl methyl sites for hydroxylation is 1. The van der Waals surface area contributed by atoms with Crippen LogP contribution in [-0.2, 0) is 16.0 Å². The molecule has 0 saturated heterocycles. The van der Waals surface area contributed by atoms with Gasteiger partial charge in [-0.25, -0.2) is 0 Å². The third kappa shape index (κ3) is 19.7. The summed E-state index contributed by atoms with van der Waals surface area (Å²) < 4.78 is 10.7. The number of carbonyl (C=O) groups is 2. The molecule has 1 aromatic rings. The van der Waals surface area contributed by atoms with Gasteiger partial charge in [0.05, 0.1) is 20.3 Å². The number of allylic oxidation sites excluding steroid dienone is 11. The van der Waals surface area contributed by atoms with E-state index in [1.165, 1.54) is 27.9 Å². The van der Waals surface area contributed by atoms with Crippen LogP contribution in [0, 0.1) is 6.92 Å². The van der Waals surface area contributed by atoms with E-state index in [9.17, 15) is 14.7 Å². The lowest BCUT2D eigenvalue weighted by molar-refractivity contribution is -0.125. The van der Waals surface area contributed by atoms with Crippen LogP contribution < -0.4 is 14.8 Å². The first-order valence-corrected chi connectivity index (χ1v) is 20.0. The van der Waals surface area contributed by atoms with E-state index in [2.05, 4.69) is 77.2 Å². The van der Waals surface area contributed by atoms with Crippen molar-refractivity contribution in [1.29, 1.82) is 0 Å². The molecule has 0 bridgehead atoms. The van der Waals surface area contributed by atoms with Gasteiger partial charge in [-0.2, -0.15) is 0 Å². The van der Waals surface area contributed by atoms with Crippen molar-refractivity contribution in [3.05, 3.63) is 87.1 Å². The third-order valence-electron chi connectivity index (χ3n) is 9.96. The quantitative estimate of drug-likeness (QED) is 0.0563. The number of phenolic OH excluding ortho intramolecular Hbond substituents is 1. The highest BCUT2D eigenvalue weighted by atomic mass is 16.5. The fourth-order valence-corrected chi connectivity index (χ4v) is 6.13. The average Bonchev–Trinajstić information content (AvgIpc) is 3.11. The number of Topliss-reactive ketones (excluding diaryl/α,β-unsaturated/α-hetero) is 1. The highest BCUT2D eigenvalue weighted by molar-refractivity contribution is 5.96. The fourth-order valence-electron chi connectivity index (χ4n) is 6.13. The molecule has 296 valence electrons. The van der Waals surface area contributed by atoms with Crippen molar-refractivity contribution in [3.8, 4) is 17.2 Å². The van der Waals surface area contributed by atoms with E-state index < -0.39 is 6.04 Å². The van der Waals surface area contributed by atoms with Gasteiger partial charge >= 0.3 is 0 Å². The van der Waals surface area contributed by atoms with Crippen molar-refractivity contribution in [2.45, 2.75) is 165 Å². The Labute approximate surface area is 323 Å². The van der Waals surface area contributed by atoms with Crippen molar-refractivity contribution in [2.75, 3.05) is 14.2 Å². The summed E-state index contributed by atoms with van der Waals surface area (Å²) in [5, 5.41) is 13.6. The number of amides is 1. The van der Waals surface area contributed by atoms with E-state index in [1.54, 1.807) is 21.1 Å². The average molecular weight is 732 g/mol. The zero-order valence-electron chi connectivity index (χ0n) is 35.3. The van der Waals surface area contributed by atoms with E-state index in [1.807, 2.05) is 26.0 Å². The molecule has 0 heterocycles. The summed E-state index contributed by atoms with van der Waals surface area (Å²) in [5.41, 5.74) is 9.52. The van der Waals surface area contributed by atoms with Gasteiger partial charge in [-0.3, -0.25) is 9.59 Å². The van der Waals surface area contributed by atoms with Crippen LogP contribution in [0.2, 0.25) is 0 Å². The van der Waals surface area contributed by atoms with Gasteiger partial charge in [-0.1, -0.05) is 84.1 Å². The summed E-state index contributed by atoms with van der Waals surface area (Å²) in [6.45, 7) is 18.7. The molecule has 0 aliphatic heterocycles. The molecule has 1 unspecified atom stereocenters. The summed E-state index contributed by atoms with van der Waals surface area (Å²) >= 11 is 0. The highest BCUT2D eigenvalue weighted by Gasteiger charge is 2.17. The minimum absolute atomic E-state index is 0.110. The van der Waals surface area contributed by atoms with E-state index >= 15 is 0 Å². The van der Waals surface area contributed by atoms with Gasteiger partial charge in [0.1, 0.15) is 0 Å². The van der Waals surface area contributed by atoms with Crippen molar-refractivity contribution in [2.24, 2.45) is 0 Å². The molecule has 0 saturated carbocycles. The number of rotatable bonds is 26. The molecule has 1 amide bonds. The maximum Gasteiger partial charge on any atom is 0.247 e. The number of methoxy groups -OCH3 is 2. The fraction of sp³-hybridized carbons (Fsp3) is 0.574. The van der Waals surface area contributed by atoms with Crippen LogP contribution in [0.15, 0.2) is 76.0 Å². The number of ether oxygens (including phenoxy) is 2. The number of aromatic hydroxyl groups is 1. The van der Waals surface area contributed by atoms with Crippen LogP contribution in [0.25, 0.3) is 0 Å². The van der Waals surface area contributed by atoms with E-state index in [4.69, 9.17) is 9.47 Å². The first kappa shape index (κ1) is 47.2. The van der Waals surface area contributed by atoms with Crippen LogP contribution >= 0.6 is 0 Å². The van der Waals surface area contributed by atoms with Crippen LogP contribution in [0.3, 0.4) is 0 Å². The number of phenols is 1. The number of hydrogen-bond acceptors (Lipinski definition) is 5. The van der Waals surface area contributed by atoms with Gasteiger partial charge in [0, 0.05) is 17.6 Å². The first-order chi connectivity index (χ1) is 25.2. The molecule has 1 aromatic carbocycles. The summed E-state index contributed by atoms with van der Waals surface area (Å²) in [6, 6.07) is 1.48. The number of benzene rings is 1. The van der Waals surface area contributed by atoms with E-state index in [-0.39, 0.29) is 17.4 Å². The van der Waals surface area contributed by atoms with Crippen molar-refractivity contribution in [1.82, 2.24) is 5.32 Å². The number of unbranched alkanes of at least 4 members (excludes halogenated alkanes) is 2. The van der Waals surface area contributed by atoms with Gasteiger partial charge in [-0.05, 0) is 144 Å². The predicted molar refractivity (Wildman–Crippen MR) is 225 cm³/mol. The van der Waals surface area contributed by atoms with Crippen LogP contribution in [0.1, 0.15) is 156 Å². The monoisotopic (exact) mass is 732 g/mol. The molecule has 0 aliphatic carbocycles. The number of hydrogen-bond donors (Lipinski definition) is 2. The first-order valence-electron chi connectivity index (χ1n) is 20.0. The molecule has 0 aromatic heterocycles. The molecule has 2 N–H and O–H groups in total. The zero-order chi connectivity index (χ0) is 39.8. The Hall–Kier alpha value is -3.80. The summed E-state index contributed by atoms with van der Waals surface area (Å²) in [7, 11) is 3.13. The standard InChI is InChI=1S/C47H73NO5/c1-12-13-14-30-43(49)41(9)48-47(51)39(7)29-19-28-37(5)25-17-24-35(3)21-15-20-34(2)22-16-23-36(4)26-18-27-38(6)31-32-42-40(8)33-44(52-10)46(53-11)45(42)50/h21-22,25-26,29,31,33,41,50H,12-20,23-24,27-28,30,32H2,1-11H3,(H,48,51)/b34-22+,35-21+,36-26+,37-25+,38-31+,39-29+. The lowest BCUT2D eigenvalue weighted by Gasteiger charge is -2.15. The van der Waals surface area contributed by atoms with Crippen molar-refractivity contribution in [3.63, 3.8) is 0 Å². The second kappa shape index (κ2) is 26.9. The Morgan fingerprint density at radius 3 is 1.58 bits per heavy atom. The topological polar surface area (TPSA) is 84.9 Å². The minimum Gasteiger partial charge on any atom is -0.504 e. The smallest absolute Gasteiger partial charge is 0.247 e. The van der Waals surface area contributed by atoms with E-state index in [0.717, 1.165) is 94.6 Å². The van der Waals surface area contributed by atoms with Gasteiger partial charge in [0.25, 0.3) is 0 Å². The maximum atomic E-state index is 12.5. The normalized spacial score (nSPS) is 14.0. The number of nitrogens with one attached hydrogen (secondary N) is 1. The van der Waals surface area contributed by atoms with Crippen molar-refractivity contribution >= 4 is 11.7 Å². The minimum atomic E-state index is -0.431. The van der Waals surface area contributed by atoms with Gasteiger partial charge in [0.15, 0.2) is 17.3 Å². The van der Waals surface area contributed by atoms with Crippen molar-refractivity contribution < 1.29 is 24.2 Å². The van der Waals surface area contributed by atoms with E-state index in [0.29, 0.717) is 29.9 Å². The molecule has 0 fully saturated rings. The maximum absolute atomic E-state index is 12.5. The van der Waals surface area contributed by atoms with Crippen LogP contribution in [-0.4, -0.2) is 37.1 Å². The lowest BCUT2D eigenvalue weighted by atomic mass is 10.00. The molecule has 0 spiro atoms. The highest BCUT2D eigenvalue weighted by Crippen LogP contribution is 2.41. The predicted octanol–water partition coefficient (Wildman–Crippen LogP) is 12.5. The molecule has 0 aliphatic rings. The molecule has 0 radical (unpaired) electrons. The zero-order valence-corrected chi connectivity index (χ0v) is 35.3. The lowest BCUT2D eigenvalue weighted by Crippen LogP contribution is -2.38.